The molecule has 0 spiro atoms. The van der Waals surface area contributed by atoms with E-state index in [0.29, 0.717) is 49.9 Å². The van der Waals surface area contributed by atoms with Crippen molar-refractivity contribution < 1.29 is 22.7 Å². The number of carbonyl (C=O) groups excluding carboxylic acids is 2. The van der Waals surface area contributed by atoms with Gasteiger partial charge in [0.05, 0.1) is 19.3 Å². The number of methoxy groups -OCH3 is 1. The number of esters is 1. The molecule has 0 unspecified atom stereocenters. The number of carbonyl (C=O) groups is 2. The van der Waals surface area contributed by atoms with Crippen molar-refractivity contribution in [3.63, 3.8) is 0 Å². The molecule has 2 saturated carbocycles. The Labute approximate surface area is 231 Å². The van der Waals surface area contributed by atoms with Crippen LogP contribution in [0.1, 0.15) is 76.0 Å². The smallest absolute Gasteiger partial charge is 0.324 e. The molecule has 2 amide bonds. The first-order valence-corrected chi connectivity index (χ1v) is 16.5. The molecule has 0 bridgehead atoms. The fourth-order valence-corrected chi connectivity index (χ4v) is 8.18. The number of piperazine rings is 1. The molecule has 0 radical (unpaired) electrons. The minimum Gasteiger partial charge on any atom is -0.469 e. The molecule has 0 atom stereocenters. The fraction of sp³-hybridized carbons (Fsp3) is 0.808. The first-order chi connectivity index (χ1) is 18.2. The molecule has 12 heteroatoms. The van der Waals surface area contributed by atoms with Gasteiger partial charge in [-0.15, -0.1) is 11.3 Å². The van der Waals surface area contributed by atoms with E-state index in [4.69, 9.17) is 0 Å². The molecule has 1 aliphatic heterocycles. The van der Waals surface area contributed by atoms with E-state index in [1.807, 2.05) is 6.20 Å². The van der Waals surface area contributed by atoms with E-state index in [-0.39, 0.29) is 18.2 Å². The van der Waals surface area contributed by atoms with Crippen molar-refractivity contribution in [2.45, 2.75) is 89.8 Å². The van der Waals surface area contributed by atoms with Gasteiger partial charge < -0.3 is 9.64 Å². The van der Waals surface area contributed by atoms with E-state index in [1.54, 1.807) is 0 Å². The van der Waals surface area contributed by atoms with Crippen LogP contribution in [0.5, 0.6) is 0 Å². The minimum atomic E-state index is -3.48. The van der Waals surface area contributed by atoms with Crippen molar-refractivity contribution in [2.24, 2.45) is 5.92 Å². The van der Waals surface area contributed by atoms with Gasteiger partial charge >= 0.3 is 12.0 Å². The SMILES string of the molecule is COC(=O)CCS(=O)(=O)N1CCN(Cc2cnc(NC(=O)N(C3CCCCC3)[C@H]3CC[C@H](C)CC3)s2)CC1. The lowest BCUT2D eigenvalue weighted by atomic mass is 9.84. The zero-order chi connectivity index (χ0) is 27.1. The van der Waals surface area contributed by atoms with Crippen molar-refractivity contribution in [1.82, 2.24) is 19.1 Å². The molecule has 1 N–H and O–H groups in total. The summed E-state index contributed by atoms with van der Waals surface area (Å²) in [5.41, 5.74) is 0. The molecule has 1 aromatic heterocycles. The number of amides is 2. The van der Waals surface area contributed by atoms with Gasteiger partial charge in [-0.1, -0.05) is 26.2 Å². The average molecular weight is 570 g/mol. The van der Waals surface area contributed by atoms with E-state index >= 15 is 0 Å². The first-order valence-electron chi connectivity index (χ1n) is 14.1. The molecule has 1 saturated heterocycles. The van der Waals surface area contributed by atoms with Gasteiger partial charge in [0.1, 0.15) is 0 Å². The Kier molecular flexibility index (Phi) is 10.4. The quantitative estimate of drug-likeness (QED) is 0.449. The highest BCUT2D eigenvalue weighted by Gasteiger charge is 2.34. The number of rotatable bonds is 9. The molecule has 10 nitrogen and oxygen atoms in total. The number of ether oxygens (including phenoxy) is 1. The standard InChI is InChI=1S/C26H43N5O5S2/c1-20-8-10-22(11-9-20)31(21-6-4-3-5-7-21)26(33)28-25-27-18-23(37-25)19-29-13-15-30(16-14-29)38(34,35)17-12-24(32)36-2/h18,20-22H,3-17,19H2,1-2H3,(H,27,28,33)/t20-,22-. The molecule has 2 heterocycles. The predicted molar refractivity (Wildman–Crippen MR) is 149 cm³/mol. The second kappa shape index (κ2) is 13.5. The lowest BCUT2D eigenvalue weighted by Crippen LogP contribution is -2.51. The number of hydrogen-bond donors (Lipinski definition) is 1. The highest BCUT2D eigenvalue weighted by atomic mass is 32.2. The van der Waals surface area contributed by atoms with Gasteiger partial charge in [-0.25, -0.2) is 18.2 Å². The second-order valence-corrected chi connectivity index (χ2v) is 14.2. The molecule has 2 aliphatic carbocycles. The number of anilines is 1. The Bertz CT molecular complexity index is 1030. The number of urea groups is 1. The van der Waals surface area contributed by atoms with Crippen LogP contribution in [0.25, 0.3) is 0 Å². The molecular formula is C26H43N5O5S2. The molecular weight excluding hydrogens is 526 g/mol. The van der Waals surface area contributed by atoms with Gasteiger partial charge in [-0.05, 0) is 44.4 Å². The summed E-state index contributed by atoms with van der Waals surface area (Å²) in [6.07, 6.45) is 12.0. The van der Waals surface area contributed by atoms with Gasteiger partial charge in [0.2, 0.25) is 10.0 Å². The topological polar surface area (TPSA) is 112 Å². The van der Waals surface area contributed by atoms with Gasteiger partial charge in [0.15, 0.2) is 5.13 Å². The summed E-state index contributed by atoms with van der Waals surface area (Å²) < 4.78 is 31.1. The zero-order valence-corrected chi connectivity index (χ0v) is 24.4. The van der Waals surface area contributed by atoms with Crippen molar-refractivity contribution in [3.8, 4) is 0 Å². The minimum absolute atomic E-state index is 0.0110. The monoisotopic (exact) mass is 569 g/mol. The summed E-state index contributed by atoms with van der Waals surface area (Å²) in [6.45, 7) is 4.96. The van der Waals surface area contributed by atoms with Crippen molar-refractivity contribution >= 4 is 38.5 Å². The molecule has 38 heavy (non-hydrogen) atoms. The van der Waals surface area contributed by atoms with E-state index in [1.165, 1.54) is 54.9 Å². The third kappa shape index (κ3) is 7.89. The molecule has 1 aromatic rings. The van der Waals surface area contributed by atoms with Crippen molar-refractivity contribution in [3.05, 3.63) is 11.1 Å². The molecule has 3 fully saturated rings. The predicted octanol–water partition coefficient (Wildman–Crippen LogP) is 3.90. The summed E-state index contributed by atoms with van der Waals surface area (Å²) in [7, 11) is -2.22. The van der Waals surface area contributed by atoms with E-state index < -0.39 is 16.0 Å². The molecule has 214 valence electrons. The van der Waals surface area contributed by atoms with Crippen LogP contribution in [0.4, 0.5) is 9.93 Å². The summed E-state index contributed by atoms with van der Waals surface area (Å²) in [5.74, 6) is -0.00336. The number of aromatic nitrogens is 1. The first kappa shape index (κ1) is 29.2. The Morgan fingerprint density at radius 2 is 1.71 bits per heavy atom. The van der Waals surface area contributed by atoms with Crippen LogP contribution in [0.15, 0.2) is 6.20 Å². The van der Waals surface area contributed by atoms with E-state index in [9.17, 15) is 18.0 Å². The molecule has 4 rings (SSSR count). The average Bonchev–Trinajstić information content (AvgIpc) is 3.36. The Hall–Kier alpha value is -1.76. The van der Waals surface area contributed by atoms with Gasteiger partial charge in [0, 0.05) is 55.9 Å². The summed E-state index contributed by atoms with van der Waals surface area (Å²) in [6, 6.07) is 0.624. The maximum absolute atomic E-state index is 13.5. The van der Waals surface area contributed by atoms with Crippen LogP contribution in [0.3, 0.4) is 0 Å². The summed E-state index contributed by atoms with van der Waals surface area (Å²) in [5, 5.41) is 3.74. The second-order valence-electron chi connectivity index (χ2n) is 11.0. The summed E-state index contributed by atoms with van der Waals surface area (Å²) in [4.78, 5) is 34.7. The number of thiazole rings is 1. The van der Waals surface area contributed by atoms with Crippen LogP contribution in [-0.2, 0) is 26.1 Å². The number of nitrogens with one attached hydrogen (secondary N) is 1. The van der Waals surface area contributed by atoms with Crippen molar-refractivity contribution in [2.75, 3.05) is 44.4 Å². The number of sulfonamides is 1. The van der Waals surface area contributed by atoms with Crippen molar-refractivity contribution in [1.29, 1.82) is 0 Å². The lowest BCUT2D eigenvalue weighted by molar-refractivity contribution is -0.140. The largest absolute Gasteiger partial charge is 0.469 e. The highest BCUT2D eigenvalue weighted by Crippen LogP contribution is 2.33. The fourth-order valence-electron chi connectivity index (χ4n) is 5.93. The number of nitrogens with zero attached hydrogens (tertiary/aromatic N) is 4. The Morgan fingerprint density at radius 1 is 1.05 bits per heavy atom. The van der Waals surface area contributed by atoms with Crippen LogP contribution in [0, 0.1) is 5.92 Å². The van der Waals surface area contributed by atoms with Gasteiger partial charge in [-0.2, -0.15) is 4.31 Å². The Morgan fingerprint density at radius 3 is 2.37 bits per heavy atom. The normalized spacial score (nSPS) is 24.2. The zero-order valence-electron chi connectivity index (χ0n) is 22.8. The van der Waals surface area contributed by atoms with Crippen LogP contribution >= 0.6 is 11.3 Å². The summed E-state index contributed by atoms with van der Waals surface area (Å²) >= 11 is 1.49. The van der Waals surface area contributed by atoms with E-state index in [2.05, 4.69) is 31.8 Å². The third-order valence-electron chi connectivity index (χ3n) is 8.24. The van der Waals surface area contributed by atoms with Crippen LogP contribution in [-0.4, -0.2) is 90.6 Å². The highest BCUT2D eigenvalue weighted by molar-refractivity contribution is 7.89. The maximum atomic E-state index is 13.5. The van der Waals surface area contributed by atoms with Crippen LogP contribution < -0.4 is 5.32 Å². The Balaban J connectivity index is 1.29. The maximum Gasteiger partial charge on any atom is 0.324 e. The van der Waals surface area contributed by atoms with E-state index in [0.717, 1.165) is 36.5 Å². The van der Waals surface area contributed by atoms with Gasteiger partial charge in [-0.3, -0.25) is 15.0 Å². The van der Waals surface area contributed by atoms with Crippen LogP contribution in [0.2, 0.25) is 0 Å². The van der Waals surface area contributed by atoms with Gasteiger partial charge in [0.25, 0.3) is 0 Å². The third-order valence-corrected chi connectivity index (χ3v) is 11.0. The lowest BCUT2D eigenvalue weighted by Gasteiger charge is -2.42. The molecule has 0 aromatic carbocycles. The molecule has 3 aliphatic rings. The number of hydrogen-bond acceptors (Lipinski definition) is 8.